The molecule has 1 aromatic heterocycles. The molecule has 1 saturated heterocycles. The Hall–Kier alpha value is -1.47. The van der Waals surface area contributed by atoms with Crippen LogP contribution in [0.15, 0.2) is 24.5 Å². The number of rotatable bonds is 5. The Bertz CT molecular complexity index is 559. The molecular formula is C13H19N3O3S. The van der Waals surface area contributed by atoms with Gasteiger partial charge in [-0.15, -0.1) is 0 Å². The maximum atomic E-state index is 12.2. The number of aromatic nitrogens is 1. The predicted molar refractivity (Wildman–Crippen MR) is 76.9 cm³/mol. The molecule has 0 saturated carbocycles. The van der Waals surface area contributed by atoms with Crippen LogP contribution in [0.3, 0.4) is 0 Å². The van der Waals surface area contributed by atoms with Crippen LogP contribution < -0.4 is 4.90 Å². The summed E-state index contributed by atoms with van der Waals surface area (Å²) in [5.74, 6) is 0.115. The molecule has 0 spiro atoms. The van der Waals surface area contributed by atoms with Crippen LogP contribution in [0, 0.1) is 0 Å². The van der Waals surface area contributed by atoms with Crippen LogP contribution in [0.5, 0.6) is 0 Å². The van der Waals surface area contributed by atoms with E-state index in [0.717, 1.165) is 5.69 Å². The molecule has 20 heavy (non-hydrogen) atoms. The maximum Gasteiger partial charge on any atom is 0.228 e. The summed E-state index contributed by atoms with van der Waals surface area (Å²) in [7, 11) is -3.13. The topological polar surface area (TPSA) is 70.6 Å². The first-order valence-corrected chi connectivity index (χ1v) is 8.33. The summed E-state index contributed by atoms with van der Waals surface area (Å²) in [5.41, 5.74) is 0.740. The van der Waals surface area contributed by atoms with Crippen LogP contribution in [0.2, 0.25) is 0 Å². The zero-order valence-electron chi connectivity index (χ0n) is 11.5. The van der Waals surface area contributed by atoms with Crippen molar-refractivity contribution < 1.29 is 13.2 Å². The third-order valence-electron chi connectivity index (χ3n) is 3.35. The standard InChI is InChI=1S/C13H19N3O3S/c1-2-16(12-5-3-7-14-11-12)13(17)6-9-15-8-4-10-20(15,18)19/h3,5,7,11H,2,4,6,8-10H2,1H3. The van der Waals surface area contributed by atoms with Gasteiger partial charge in [0.2, 0.25) is 15.9 Å². The highest BCUT2D eigenvalue weighted by molar-refractivity contribution is 7.89. The number of nitrogens with zero attached hydrogens (tertiary/aromatic N) is 3. The number of anilines is 1. The first kappa shape index (κ1) is 14.9. The second-order valence-electron chi connectivity index (χ2n) is 4.67. The third kappa shape index (κ3) is 3.34. The van der Waals surface area contributed by atoms with Crippen LogP contribution in [0.1, 0.15) is 19.8 Å². The smallest absolute Gasteiger partial charge is 0.228 e. The number of carbonyl (C=O) groups excluding carboxylic acids is 1. The third-order valence-corrected chi connectivity index (χ3v) is 5.31. The van der Waals surface area contributed by atoms with Crippen molar-refractivity contribution in [3.05, 3.63) is 24.5 Å². The Kier molecular flexibility index (Phi) is 4.72. The van der Waals surface area contributed by atoms with E-state index in [1.54, 1.807) is 23.4 Å². The molecule has 7 heteroatoms. The van der Waals surface area contributed by atoms with Crippen molar-refractivity contribution in [1.82, 2.24) is 9.29 Å². The van der Waals surface area contributed by atoms with Gasteiger partial charge in [0.15, 0.2) is 0 Å². The quantitative estimate of drug-likeness (QED) is 0.808. The van der Waals surface area contributed by atoms with Crippen molar-refractivity contribution in [2.45, 2.75) is 19.8 Å². The van der Waals surface area contributed by atoms with Crippen LogP contribution in [-0.2, 0) is 14.8 Å². The highest BCUT2D eigenvalue weighted by Crippen LogP contribution is 2.16. The summed E-state index contributed by atoms with van der Waals surface area (Å²) in [6.45, 7) is 3.21. The number of amides is 1. The molecule has 1 aliphatic heterocycles. The molecule has 0 aliphatic carbocycles. The molecule has 6 nitrogen and oxygen atoms in total. The fourth-order valence-corrected chi connectivity index (χ4v) is 3.84. The second-order valence-corrected chi connectivity index (χ2v) is 6.76. The summed E-state index contributed by atoms with van der Waals surface area (Å²) >= 11 is 0. The molecule has 2 heterocycles. The van der Waals surface area contributed by atoms with Crippen molar-refractivity contribution in [2.24, 2.45) is 0 Å². The van der Waals surface area contributed by atoms with E-state index in [4.69, 9.17) is 0 Å². The molecule has 110 valence electrons. The lowest BCUT2D eigenvalue weighted by Crippen LogP contribution is -2.35. The Morgan fingerprint density at radius 2 is 2.30 bits per heavy atom. The Labute approximate surface area is 119 Å². The molecule has 0 N–H and O–H groups in total. The summed E-state index contributed by atoms with van der Waals surface area (Å²) in [5, 5.41) is 0. The highest BCUT2D eigenvalue weighted by Gasteiger charge is 2.28. The lowest BCUT2D eigenvalue weighted by Gasteiger charge is -2.22. The lowest BCUT2D eigenvalue weighted by atomic mass is 10.3. The summed E-state index contributed by atoms with van der Waals surface area (Å²) in [4.78, 5) is 17.8. The molecular weight excluding hydrogens is 278 g/mol. The first-order valence-electron chi connectivity index (χ1n) is 6.73. The van der Waals surface area contributed by atoms with Gasteiger partial charge in [0.25, 0.3) is 0 Å². The van der Waals surface area contributed by atoms with Gasteiger partial charge in [-0.25, -0.2) is 12.7 Å². The van der Waals surface area contributed by atoms with Crippen molar-refractivity contribution in [1.29, 1.82) is 0 Å². The maximum absolute atomic E-state index is 12.2. The molecule has 0 bridgehead atoms. The van der Waals surface area contributed by atoms with Gasteiger partial charge in [0.05, 0.1) is 17.6 Å². The number of hydrogen-bond donors (Lipinski definition) is 0. The second kappa shape index (κ2) is 6.32. The van der Waals surface area contributed by atoms with Crippen molar-refractivity contribution in [3.8, 4) is 0 Å². The first-order chi connectivity index (χ1) is 9.54. The fourth-order valence-electron chi connectivity index (χ4n) is 2.31. The van der Waals surface area contributed by atoms with Gasteiger partial charge in [-0.1, -0.05) is 0 Å². The average Bonchev–Trinajstić information content (AvgIpc) is 2.77. The Balaban J connectivity index is 1.97. The van der Waals surface area contributed by atoms with E-state index in [0.29, 0.717) is 19.5 Å². The average molecular weight is 297 g/mol. The van der Waals surface area contributed by atoms with Crippen LogP contribution in [0.25, 0.3) is 0 Å². The molecule has 2 rings (SSSR count). The number of carbonyl (C=O) groups is 1. The van der Waals surface area contributed by atoms with Crippen molar-refractivity contribution in [2.75, 3.05) is 30.3 Å². The minimum absolute atomic E-state index is 0.0809. The molecule has 0 radical (unpaired) electrons. The van der Waals surface area contributed by atoms with Gasteiger partial charge in [0, 0.05) is 32.3 Å². The Morgan fingerprint density at radius 1 is 1.50 bits per heavy atom. The van der Waals surface area contributed by atoms with Gasteiger partial charge in [-0.05, 0) is 25.5 Å². The van der Waals surface area contributed by atoms with E-state index >= 15 is 0 Å². The molecule has 0 aromatic carbocycles. The van der Waals surface area contributed by atoms with Gasteiger partial charge in [-0.2, -0.15) is 0 Å². The van der Waals surface area contributed by atoms with E-state index < -0.39 is 10.0 Å². The summed E-state index contributed by atoms with van der Waals surface area (Å²) < 4.78 is 24.8. The van der Waals surface area contributed by atoms with Crippen molar-refractivity contribution >= 4 is 21.6 Å². The predicted octanol–water partition coefficient (Wildman–Crippen LogP) is 0.860. The number of hydrogen-bond acceptors (Lipinski definition) is 4. The molecule has 1 aliphatic rings. The fraction of sp³-hybridized carbons (Fsp3) is 0.538. The summed E-state index contributed by atoms with van der Waals surface area (Å²) in [6, 6.07) is 3.59. The SMILES string of the molecule is CCN(C(=O)CCN1CCCS1(=O)=O)c1cccnc1. The van der Waals surface area contributed by atoms with Crippen molar-refractivity contribution in [3.63, 3.8) is 0 Å². The Morgan fingerprint density at radius 3 is 2.85 bits per heavy atom. The monoisotopic (exact) mass is 297 g/mol. The van der Waals surface area contributed by atoms with E-state index in [2.05, 4.69) is 4.98 Å². The van der Waals surface area contributed by atoms with Gasteiger partial charge in [-0.3, -0.25) is 9.78 Å². The van der Waals surface area contributed by atoms with E-state index in [-0.39, 0.29) is 24.6 Å². The zero-order valence-corrected chi connectivity index (χ0v) is 12.3. The zero-order chi connectivity index (χ0) is 14.6. The number of sulfonamides is 1. The molecule has 1 fully saturated rings. The molecule has 0 atom stereocenters. The van der Waals surface area contributed by atoms with E-state index in [1.165, 1.54) is 4.31 Å². The highest BCUT2D eigenvalue weighted by atomic mass is 32.2. The van der Waals surface area contributed by atoms with Gasteiger partial charge >= 0.3 is 0 Å². The lowest BCUT2D eigenvalue weighted by molar-refractivity contribution is -0.118. The van der Waals surface area contributed by atoms with Crippen LogP contribution in [0.4, 0.5) is 5.69 Å². The van der Waals surface area contributed by atoms with Gasteiger partial charge in [0.1, 0.15) is 0 Å². The van der Waals surface area contributed by atoms with Crippen LogP contribution >= 0.6 is 0 Å². The van der Waals surface area contributed by atoms with Crippen LogP contribution in [-0.4, -0.2) is 49.0 Å². The largest absolute Gasteiger partial charge is 0.311 e. The molecule has 1 amide bonds. The molecule has 1 aromatic rings. The van der Waals surface area contributed by atoms with E-state index in [1.807, 2.05) is 13.0 Å². The minimum atomic E-state index is -3.13. The molecule has 0 unspecified atom stereocenters. The summed E-state index contributed by atoms with van der Waals surface area (Å²) in [6.07, 6.45) is 4.13. The minimum Gasteiger partial charge on any atom is -0.311 e. The number of pyridine rings is 1. The normalized spacial score (nSPS) is 18.1. The van der Waals surface area contributed by atoms with Gasteiger partial charge < -0.3 is 4.90 Å². The van der Waals surface area contributed by atoms with E-state index in [9.17, 15) is 13.2 Å².